The average molecular weight is 446 g/mol. The maximum Gasteiger partial charge on any atom is 0.335 e. The summed E-state index contributed by atoms with van der Waals surface area (Å²) >= 11 is 0. The third kappa shape index (κ3) is 4.65. The highest BCUT2D eigenvalue weighted by Gasteiger charge is 2.13. The molecule has 4 rings (SSSR count). The van der Waals surface area contributed by atoms with Gasteiger partial charge in [0, 0.05) is 53.3 Å². The molecule has 168 valence electrons. The van der Waals surface area contributed by atoms with Crippen molar-refractivity contribution in [3.63, 3.8) is 0 Å². The zero-order valence-corrected chi connectivity index (χ0v) is 18.2. The molecule has 0 amide bonds. The van der Waals surface area contributed by atoms with Gasteiger partial charge >= 0.3 is 5.97 Å². The van der Waals surface area contributed by atoms with E-state index in [1.807, 2.05) is 32.0 Å². The van der Waals surface area contributed by atoms with E-state index in [1.54, 1.807) is 18.6 Å². The second kappa shape index (κ2) is 9.30. The van der Waals surface area contributed by atoms with Gasteiger partial charge in [-0.05, 0) is 48.4 Å². The molecule has 0 bridgehead atoms. The van der Waals surface area contributed by atoms with Crippen molar-refractivity contribution < 1.29 is 19.4 Å². The number of halogens is 1. The molecule has 1 unspecified atom stereocenters. The number of aliphatic hydroxyl groups excluding tert-OH is 1. The predicted molar refractivity (Wildman–Crippen MR) is 124 cm³/mol. The van der Waals surface area contributed by atoms with Crippen molar-refractivity contribution in [2.24, 2.45) is 0 Å². The molecule has 33 heavy (non-hydrogen) atoms. The van der Waals surface area contributed by atoms with E-state index in [0.29, 0.717) is 5.82 Å². The molecule has 2 aromatic heterocycles. The largest absolute Gasteiger partial charge is 0.478 e. The normalized spacial score (nSPS) is 12.0. The molecule has 0 fully saturated rings. The first-order chi connectivity index (χ1) is 15.9. The van der Waals surface area contributed by atoms with Gasteiger partial charge in [0.05, 0.1) is 17.7 Å². The van der Waals surface area contributed by atoms with Crippen LogP contribution in [0.4, 0.5) is 10.1 Å². The summed E-state index contributed by atoms with van der Waals surface area (Å²) in [5, 5.41) is 22.6. The van der Waals surface area contributed by atoms with E-state index in [0.717, 1.165) is 39.3 Å². The summed E-state index contributed by atoms with van der Waals surface area (Å²) in [7, 11) is 0. The van der Waals surface area contributed by atoms with Crippen molar-refractivity contribution in [1.29, 1.82) is 0 Å². The first-order valence-electron chi connectivity index (χ1n) is 10.5. The molecule has 0 aliphatic carbocycles. The number of carboxylic acid groups (broad SMARTS) is 1. The Morgan fingerprint density at radius 2 is 1.82 bits per heavy atom. The fourth-order valence-corrected chi connectivity index (χ4v) is 3.56. The molecule has 0 saturated carbocycles. The van der Waals surface area contributed by atoms with Crippen molar-refractivity contribution in [3.8, 4) is 11.1 Å². The summed E-state index contributed by atoms with van der Waals surface area (Å²) in [4.78, 5) is 24.4. The highest BCUT2D eigenvalue weighted by molar-refractivity contribution is 5.95. The van der Waals surface area contributed by atoms with Gasteiger partial charge in [0.15, 0.2) is 0 Å². The van der Waals surface area contributed by atoms with Gasteiger partial charge in [0.25, 0.3) is 0 Å². The summed E-state index contributed by atoms with van der Waals surface area (Å²) in [6, 6.07) is 9.53. The second-order valence-corrected chi connectivity index (χ2v) is 7.93. The number of aliphatic hydroxyl groups is 1. The van der Waals surface area contributed by atoms with Gasteiger partial charge in [-0.15, -0.1) is 0 Å². The molecule has 0 radical (unpaired) electrons. The number of carboxylic acids is 1. The molecule has 1 atom stereocenters. The Bertz CT molecular complexity index is 1330. The number of hydrogen-bond acceptors (Lipinski definition) is 6. The van der Waals surface area contributed by atoms with E-state index < -0.39 is 11.8 Å². The molecule has 0 saturated heterocycles. The summed E-state index contributed by atoms with van der Waals surface area (Å²) < 4.78 is 14.3. The number of anilines is 1. The number of pyridine rings is 1. The van der Waals surface area contributed by atoms with Gasteiger partial charge in [-0.25, -0.2) is 19.2 Å². The Morgan fingerprint density at radius 3 is 2.52 bits per heavy atom. The number of nitrogens with one attached hydrogen (secondary N) is 1. The van der Waals surface area contributed by atoms with Crippen molar-refractivity contribution in [1.82, 2.24) is 15.0 Å². The summed E-state index contributed by atoms with van der Waals surface area (Å²) in [6.07, 6.45) is 5.18. The van der Waals surface area contributed by atoms with E-state index in [9.17, 15) is 19.4 Å². The van der Waals surface area contributed by atoms with Gasteiger partial charge in [0.1, 0.15) is 11.6 Å². The van der Waals surface area contributed by atoms with Crippen LogP contribution >= 0.6 is 0 Å². The van der Waals surface area contributed by atoms with Crippen LogP contribution in [-0.4, -0.2) is 37.7 Å². The van der Waals surface area contributed by atoms with Gasteiger partial charge in [0.2, 0.25) is 0 Å². The molecule has 0 spiro atoms. The minimum absolute atomic E-state index is 0.0226. The van der Waals surface area contributed by atoms with Gasteiger partial charge in [-0.3, -0.25) is 4.98 Å². The van der Waals surface area contributed by atoms with E-state index in [1.165, 1.54) is 12.1 Å². The topological polar surface area (TPSA) is 108 Å². The molecule has 4 aromatic rings. The number of rotatable bonds is 7. The standard InChI is InChI=1S/C25H23FN4O3/c1-14-9-27-22-6-4-16(19-11-29-24(30-12-19)15(2)13-31)8-20(22)23(14)28-10-18-7-17(25(32)33)3-5-21(18)26/h3-9,11-12,15,31H,10,13H2,1-2H3,(H,27,28)(H,32,33). The van der Waals surface area contributed by atoms with Crippen molar-refractivity contribution in [2.45, 2.75) is 26.3 Å². The van der Waals surface area contributed by atoms with Crippen LogP contribution in [0.5, 0.6) is 0 Å². The highest BCUT2D eigenvalue weighted by atomic mass is 19.1. The number of aromatic nitrogens is 3. The highest BCUT2D eigenvalue weighted by Crippen LogP contribution is 2.30. The molecule has 2 heterocycles. The molecular formula is C25H23FN4O3. The first kappa shape index (κ1) is 22.3. The fraction of sp³-hybridized carbons (Fsp3) is 0.200. The van der Waals surface area contributed by atoms with Crippen LogP contribution in [0, 0.1) is 12.7 Å². The minimum atomic E-state index is -1.10. The van der Waals surface area contributed by atoms with E-state index in [4.69, 9.17) is 0 Å². The molecule has 8 heteroatoms. The number of carbonyl (C=O) groups is 1. The van der Waals surface area contributed by atoms with Crippen molar-refractivity contribution in [3.05, 3.63) is 83.3 Å². The third-order valence-electron chi connectivity index (χ3n) is 5.53. The van der Waals surface area contributed by atoms with Crippen LogP contribution in [-0.2, 0) is 6.54 Å². The number of benzene rings is 2. The van der Waals surface area contributed by atoms with Crippen LogP contribution in [0.15, 0.2) is 55.0 Å². The lowest BCUT2D eigenvalue weighted by Gasteiger charge is -2.14. The van der Waals surface area contributed by atoms with Crippen molar-refractivity contribution in [2.75, 3.05) is 11.9 Å². The maximum atomic E-state index is 14.3. The lowest BCUT2D eigenvalue weighted by atomic mass is 10.0. The van der Waals surface area contributed by atoms with Gasteiger partial charge in [-0.1, -0.05) is 13.0 Å². The molecule has 0 aliphatic heterocycles. The monoisotopic (exact) mass is 446 g/mol. The van der Waals surface area contributed by atoms with Crippen LogP contribution < -0.4 is 5.32 Å². The predicted octanol–water partition coefficient (Wildman–Crippen LogP) is 4.55. The molecular weight excluding hydrogens is 423 g/mol. The van der Waals surface area contributed by atoms with Crippen LogP contribution in [0.1, 0.15) is 40.2 Å². The van der Waals surface area contributed by atoms with Crippen LogP contribution in [0.25, 0.3) is 22.0 Å². The fourth-order valence-electron chi connectivity index (χ4n) is 3.56. The molecule has 7 nitrogen and oxygen atoms in total. The van der Waals surface area contributed by atoms with Gasteiger partial charge in [-0.2, -0.15) is 0 Å². The maximum absolute atomic E-state index is 14.3. The van der Waals surface area contributed by atoms with Crippen molar-refractivity contribution >= 4 is 22.6 Å². The van der Waals surface area contributed by atoms with Gasteiger partial charge < -0.3 is 15.5 Å². The summed E-state index contributed by atoms with van der Waals surface area (Å²) in [5.41, 5.74) is 4.42. The number of hydrogen-bond donors (Lipinski definition) is 3. The molecule has 0 aliphatic rings. The van der Waals surface area contributed by atoms with E-state index in [-0.39, 0.29) is 30.2 Å². The minimum Gasteiger partial charge on any atom is -0.478 e. The quantitative estimate of drug-likeness (QED) is 0.382. The Balaban J connectivity index is 1.68. The average Bonchev–Trinajstić information content (AvgIpc) is 2.83. The number of fused-ring (bicyclic) bond motifs is 1. The van der Waals surface area contributed by atoms with Crippen LogP contribution in [0.3, 0.4) is 0 Å². The first-order valence-corrected chi connectivity index (χ1v) is 10.5. The Kier molecular flexibility index (Phi) is 6.28. The zero-order chi connectivity index (χ0) is 23.5. The van der Waals surface area contributed by atoms with Crippen LogP contribution in [0.2, 0.25) is 0 Å². The Hall–Kier alpha value is -3.91. The van der Waals surface area contributed by atoms with E-state index >= 15 is 0 Å². The SMILES string of the molecule is Cc1cnc2ccc(-c3cnc(C(C)CO)nc3)cc2c1NCc1cc(C(=O)O)ccc1F. The zero-order valence-electron chi connectivity index (χ0n) is 18.2. The smallest absolute Gasteiger partial charge is 0.335 e. The second-order valence-electron chi connectivity index (χ2n) is 7.93. The lowest BCUT2D eigenvalue weighted by molar-refractivity contribution is 0.0696. The molecule has 3 N–H and O–H groups in total. The number of nitrogens with zero attached hydrogens (tertiary/aromatic N) is 3. The molecule has 2 aromatic carbocycles. The number of aryl methyl sites for hydroxylation is 1. The third-order valence-corrected chi connectivity index (χ3v) is 5.53. The summed E-state index contributed by atoms with van der Waals surface area (Å²) in [6.45, 7) is 3.85. The number of aromatic carboxylic acids is 1. The summed E-state index contributed by atoms with van der Waals surface area (Å²) in [5.74, 6) is -1.14. The Morgan fingerprint density at radius 1 is 1.06 bits per heavy atom. The van der Waals surface area contributed by atoms with E-state index in [2.05, 4.69) is 20.3 Å². The Labute approximate surface area is 190 Å². The lowest BCUT2D eigenvalue weighted by Crippen LogP contribution is -2.06.